The summed E-state index contributed by atoms with van der Waals surface area (Å²) in [5, 5.41) is 3.16. The zero-order chi connectivity index (χ0) is 16.4. The maximum absolute atomic E-state index is 13.2. The first kappa shape index (κ1) is 16.1. The fourth-order valence-electron chi connectivity index (χ4n) is 2.62. The van der Waals surface area contributed by atoms with Crippen molar-refractivity contribution in [2.45, 2.75) is 18.7 Å². The van der Waals surface area contributed by atoms with Gasteiger partial charge in [0.2, 0.25) is 5.89 Å². The van der Waals surface area contributed by atoms with Crippen molar-refractivity contribution in [3.8, 4) is 5.75 Å². The quantitative estimate of drug-likeness (QED) is 0.906. The summed E-state index contributed by atoms with van der Waals surface area (Å²) in [7, 11) is 0. The lowest BCUT2D eigenvalue weighted by Gasteiger charge is -2.23. The second kappa shape index (κ2) is 6.41. The molecule has 8 heteroatoms. The molecule has 23 heavy (non-hydrogen) atoms. The Morgan fingerprint density at radius 3 is 2.83 bits per heavy atom. The number of nitrogens with zero attached hydrogens (tertiary/aromatic N) is 1. The fourth-order valence-corrected chi connectivity index (χ4v) is 2.79. The molecule has 0 bridgehead atoms. The molecular formula is C15H14ClF3N2O2. The maximum Gasteiger partial charge on any atom is 0.420 e. The van der Waals surface area contributed by atoms with Gasteiger partial charge in [0.15, 0.2) is 6.10 Å². The standard InChI is InChI=1S/C15H14ClF3N2O2/c16-10-1-2-12(11(7-10)15(17,18)19)23-13(9-3-4-20-8-9)14-21-5-6-22-14/h1-2,5-7,9,13,20H,3-4,8H2. The lowest BCUT2D eigenvalue weighted by molar-refractivity contribution is -0.139. The molecule has 1 N–H and O–H groups in total. The van der Waals surface area contributed by atoms with E-state index < -0.39 is 17.8 Å². The van der Waals surface area contributed by atoms with Gasteiger partial charge in [0, 0.05) is 17.5 Å². The molecule has 4 nitrogen and oxygen atoms in total. The van der Waals surface area contributed by atoms with Crippen LogP contribution in [-0.2, 0) is 6.18 Å². The summed E-state index contributed by atoms with van der Waals surface area (Å²) in [5.74, 6) is -0.0378. The predicted molar refractivity (Wildman–Crippen MR) is 77.3 cm³/mol. The number of nitrogens with one attached hydrogen (secondary N) is 1. The number of hydrogen-bond acceptors (Lipinski definition) is 4. The van der Waals surface area contributed by atoms with Gasteiger partial charge in [-0.3, -0.25) is 0 Å². The predicted octanol–water partition coefficient (Wildman–Crippen LogP) is 4.08. The van der Waals surface area contributed by atoms with Crippen molar-refractivity contribution < 1.29 is 22.3 Å². The van der Waals surface area contributed by atoms with E-state index in [1.807, 2.05) is 0 Å². The van der Waals surface area contributed by atoms with Gasteiger partial charge in [-0.1, -0.05) is 11.6 Å². The molecule has 1 aromatic carbocycles. The van der Waals surface area contributed by atoms with Crippen molar-refractivity contribution in [2.24, 2.45) is 5.92 Å². The van der Waals surface area contributed by atoms with E-state index in [1.165, 1.54) is 24.6 Å². The number of ether oxygens (including phenoxy) is 1. The molecule has 2 atom stereocenters. The highest BCUT2D eigenvalue weighted by atomic mass is 35.5. The molecule has 0 amide bonds. The lowest BCUT2D eigenvalue weighted by Crippen LogP contribution is -2.23. The Labute approximate surface area is 135 Å². The second-order valence-electron chi connectivity index (χ2n) is 5.30. The molecule has 0 aliphatic carbocycles. The van der Waals surface area contributed by atoms with Gasteiger partial charge < -0.3 is 14.5 Å². The third-order valence-electron chi connectivity index (χ3n) is 3.72. The van der Waals surface area contributed by atoms with Crippen LogP contribution in [0.3, 0.4) is 0 Å². The number of hydrogen-bond donors (Lipinski definition) is 1. The van der Waals surface area contributed by atoms with Crippen LogP contribution in [-0.4, -0.2) is 18.1 Å². The van der Waals surface area contributed by atoms with Crippen molar-refractivity contribution in [3.05, 3.63) is 47.1 Å². The molecule has 1 aliphatic heterocycles. The van der Waals surface area contributed by atoms with Gasteiger partial charge in [0.05, 0.1) is 11.8 Å². The van der Waals surface area contributed by atoms with Crippen LogP contribution < -0.4 is 10.1 Å². The minimum absolute atomic E-state index is 0.000110. The Morgan fingerprint density at radius 1 is 1.39 bits per heavy atom. The zero-order valence-corrected chi connectivity index (χ0v) is 12.7. The number of halogens is 4. The van der Waals surface area contributed by atoms with E-state index in [9.17, 15) is 13.2 Å². The fraction of sp³-hybridized carbons (Fsp3) is 0.400. The Kier molecular flexibility index (Phi) is 4.50. The summed E-state index contributed by atoms with van der Waals surface area (Å²) < 4.78 is 50.6. The van der Waals surface area contributed by atoms with E-state index >= 15 is 0 Å². The summed E-state index contributed by atoms with van der Waals surface area (Å²) in [6, 6.07) is 3.45. The third kappa shape index (κ3) is 3.61. The van der Waals surface area contributed by atoms with Crippen molar-refractivity contribution in [1.82, 2.24) is 10.3 Å². The van der Waals surface area contributed by atoms with Crippen LogP contribution in [0.2, 0.25) is 5.02 Å². The van der Waals surface area contributed by atoms with Gasteiger partial charge in [-0.25, -0.2) is 4.98 Å². The Morgan fingerprint density at radius 2 is 2.22 bits per heavy atom. The highest BCUT2D eigenvalue weighted by Crippen LogP contribution is 2.41. The average molecular weight is 347 g/mol. The van der Waals surface area contributed by atoms with Gasteiger partial charge in [-0.2, -0.15) is 13.2 Å². The first-order valence-corrected chi connectivity index (χ1v) is 7.46. The molecule has 0 saturated carbocycles. The average Bonchev–Trinajstić information content (AvgIpc) is 3.18. The molecule has 1 aromatic heterocycles. The maximum atomic E-state index is 13.2. The summed E-state index contributed by atoms with van der Waals surface area (Å²) in [6.45, 7) is 1.40. The van der Waals surface area contributed by atoms with Crippen molar-refractivity contribution in [2.75, 3.05) is 13.1 Å². The SMILES string of the molecule is FC(F)(F)c1cc(Cl)ccc1OC(c1ncco1)C1CCNC1. The molecule has 2 aromatic rings. The highest BCUT2D eigenvalue weighted by molar-refractivity contribution is 6.30. The number of oxazole rings is 1. The van der Waals surface area contributed by atoms with Crippen LogP contribution in [0.4, 0.5) is 13.2 Å². The number of alkyl halides is 3. The summed E-state index contributed by atoms with van der Waals surface area (Å²) in [6.07, 6.45) is -1.67. The van der Waals surface area contributed by atoms with Crippen LogP contribution >= 0.6 is 11.6 Å². The van der Waals surface area contributed by atoms with Crippen LogP contribution in [0, 0.1) is 5.92 Å². The summed E-state index contributed by atoms with van der Waals surface area (Å²) >= 11 is 5.69. The monoisotopic (exact) mass is 346 g/mol. The van der Waals surface area contributed by atoms with E-state index in [0.717, 1.165) is 19.0 Å². The van der Waals surface area contributed by atoms with Crippen molar-refractivity contribution in [1.29, 1.82) is 0 Å². The van der Waals surface area contributed by atoms with E-state index in [4.69, 9.17) is 20.8 Å². The molecule has 1 fully saturated rings. The van der Waals surface area contributed by atoms with Gasteiger partial charge in [-0.05, 0) is 31.2 Å². The number of benzene rings is 1. The summed E-state index contributed by atoms with van der Waals surface area (Å²) in [5.41, 5.74) is -0.910. The minimum atomic E-state index is -4.56. The van der Waals surface area contributed by atoms with Crippen molar-refractivity contribution in [3.63, 3.8) is 0 Å². The Bertz CT molecular complexity index is 655. The van der Waals surface area contributed by atoms with E-state index in [0.29, 0.717) is 6.54 Å². The molecular weight excluding hydrogens is 333 g/mol. The van der Waals surface area contributed by atoms with E-state index in [-0.39, 0.29) is 22.6 Å². The lowest BCUT2D eigenvalue weighted by atomic mass is 10.0. The number of aromatic nitrogens is 1. The first-order valence-electron chi connectivity index (χ1n) is 7.08. The van der Waals surface area contributed by atoms with Gasteiger partial charge in [0.25, 0.3) is 0 Å². The van der Waals surface area contributed by atoms with Gasteiger partial charge >= 0.3 is 6.18 Å². The Hall–Kier alpha value is -1.73. The van der Waals surface area contributed by atoms with Crippen LogP contribution in [0.15, 0.2) is 35.1 Å². The van der Waals surface area contributed by atoms with Crippen molar-refractivity contribution >= 4 is 11.6 Å². The third-order valence-corrected chi connectivity index (χ3v) is 3.96. The number of rotatable bonds is 4. The molecule has 2 unspecified atom stereocenters. The normalized spacial score (nSPS) is 19.7. The topological polar surface area (TPSA) is 47.3 Å². The van der Waals surface area contributed by atoms with Gasteiger partial charge in [0.1, 0.15) is 12.0 Å². The molecule has 2 heterocycles. The van der Waals surface area contributed by atoms with E-state index in [1.54, 1.807) is 0 Å². The highest BCUT2D eigenvalue weighted by Gasteiger charge is 2.37. The minimum Gasteiger partial charge on any atom is -0.480 e. The van der Waals surface area contributed by atoms with Crippen LogP contribution in [0.5, 0.6) is 5.75 Å². The zero-order valence-electron chi connectivity index (χ0n) is 11.9. The largest absolute Gasteiger partial charge is 0.480 e. The molecule has 0 spiro atoms. The smallest absolute Gasteiger partial charge is 0.420 e. The van der Waals surface area contributed by atoms with E-state index in [2.05, 4.69) is 10.3 Å². The van der Waals surface area contributed by atoms with Crippen LogP contribution in [0.1, 0.15) is 24.0 Å². The molecule has 1 saturated heterocycles. The molecule has 3 rings (SSSR count). The molecule has 0 radical (unpaired) electrons. The Balaban J connectivity index is 1.94. The summed E-state index contributed by atoms with van der Waals surface area (Å²) in [4.78, 5) is 4.04. The second-order valence-corrected chi connectivity index (χ2v) is 5.74. The van der Waals surface area contributed by atoms with Crippen LogP contribution in [0.25, 0.3) is 0 Å². The molecule has 124 valence electrons. The first-order chi connectivity index (χ1) is 10.9. The molecule has 1 aliphatic rings. The van der Waals surface area contributed by atoms with Gasteiger partial charge in [-0.15, -0.1) is 0 Å².